The van der Waals surface area contributed by atoms with Crippen LogP contribution in [0.15, 0.2) is 54.6 Å². The van der Waals surface area contributed by atoms with Gasteiger partial charge in [-0.1, -0.05) is 35.9 Å². The van der Waals surface area contributed by atoms with E-state index in [1.54, 1.807) is 42.5 Å². The molecule has 3 aromatic rings. The highest BCUT2D eigenvalue weighted by Crippen LogP contribution is 2.23. The first-order valence-corrected chi connectivity index (χ1v) is 9.00. The molecule has 1 aliphatic rings. The van der Waals surface area contributed by atoms with Crippen molar-refractivity contribution in [1.29, 1.82) is 0 Å². The molecule has 27 heavy (non-hydrogen) atoms. The van der Waals surface area contributed by atoms with Crippen molar-refractivity contribution in [1.82, 2.24) is 15.5 Å². The maximum Gasteiger partial charge on any atom is 0.273 e. The second-order valence-electron chi connectivity index (χ2n) is 6.42. The lowest BCUT2D eigenvalue weighted by molar-refractivity contribution is 0.0952. The summed E-state index contributed by atoms with van der Waals surface area (Å²) in [5, 5.41) is 13.3. The molecule has 0 unspecified atom stereocenters. The van der Waals surface area contributed by atoms with Gasteiger partial charge in [0.2, 0.25) is 0 Å². The van der Waals surface area contributed by atoms with Crippen LogP contribution in [0, 0.1) is 0 Å². The molecular formula is C20H17ClN4O2. The minimum Gasteiger partial charge on any atom is -0.349 e. The van der Waals surface area contributed by atoms with Crippen LogP contribution >= 0.6 is 11.6 Å². The van der Waals surface area contributed by atoms with Crippen LogP contribution < -0.4 is 10.6 Å². The predicted octanol–water partition coefficient (Wildman–Crippen LogP) is 3.87. The van der Waals surface area contributed by atoms with E-state index in [1.165, 1.54) is 0 Å². The summed E-state index contributed by atoms with van der Waals surface area (Å²) in [5.41, 5.74) is 2.69. The highest BCUT2D eigenvalue weighted by molar-refractivity contribution is 6.30. The molecule has 4 rings (SSSR count). The van der Waals surface area contributed by atoms with E-state index in [0.717, 1.165) is 18.4 Å². The zero-order chi connectivity index (χ0) is 18.8. The Hall–Kier alpha value is -3.12. The zero-order valence-electron chi connectivity index (χ0n) is 14.3. The quantitative estimate of drug-likeness (QED) is 0.627. The second-order valence-corrected chi connectivity index (χ2v) is 6.86. The molecule has 2 aromatic carbocycles. The zero-order valence-corrected chi connectivity index (χ0v) is 15.1. The number of carbonyl (C=O) groups excluding carboxylic acids is 2. The van der Waals surface area contributed by atoms with Crippen molar-refractivity contribution >= 4 is 29.1 Å². The highest BCUT2D eigenvalue weighted by atomic mass is 35.5. The molecule has 0 radical (unpaired) electrons. The Labute approximate surface area is 160 Å². The second kappa shape index (κ2) is 7.25. The number of hydrogen-bond donors (Lipinski definition) is 3. The summed E-state index contributed by atoms with van der Waals surface area (Å²) in [6.07, 6.45) is 2.00. The van der Waals surface area contributed by atoms with Gasteiger partial charge in [-0.15, -0.1) is 0 Å². The summed E-state index contributed by atoms with van der Waals surface area (Å²) in [7, 11) is 0. The number of aromatic amines is 1. The first-order chi connectivity index (χ1) is 13.1. The Bertz CT molecular complexity index is 993. The first-order valence-electron chi connectivity index (χ1n) is 8.63. The number of benzene rings is 2. The SMILES string of the molecule is O=C(Nc1ccccc1C(=O)NC1CC1)c1cc(-c2ccc(Cl)cc2)n[nH]1. The van der Waals surface area contributed by atoms with Crippen molar-refractivity contribution in [3.05, 3.63) is 70.9 Å². The highest BCUT2D eigenvalue weighted by Gasteiger charge is 2.25. The van der Waals surface area contributed by atoms with E-state index in [0.29, 0.717) is 27.7 Å². The smallest absolute Gasteiger partial charge is 0.273 e. The Morgan fingerprint density at radius 1 is 1.04 bits per heavy atom. The molecule has 0 spiro atoms. The van der Waals surface area contributed by atoms with E-state index < -0.39 is 0 Å². The summed E-state index contributed by atoms with van der Waals surface area (Å²) < 4.78 is 0. The van der Waals surface area contributed by atoms with Crippen molar-refractivity contribution in [3.63, 3.8) is 0 Å². The number of carbonyl (C=O) groups is 2. The number of rotatable bonds is 5. The van der Waals surface area contributed by atoms with Crippen molar-refractivity contribution in [2.75, 3.05) is 5.32 Å². The molecule has 0 saturated heterocycles. The monoisotopic (exact) mass is 380 g/mol. The molecule has 0 bridgehead atoms. The van der Waals surface area contributed by atoms with Crippen LogP contribution in [0.25, 0.3) is 11.3 Å². The van der Waals surface area contributed by atoms with Gasteiger partial charge in [-0.25, -0.2) is 0 Å². The Morgan fingerprint density at radius 2 is 1.78 bits per heavy atom. The van der Waals surface area contributed by atoms with Gasteiger partial charge in [-0.3, -0.25) is 14.7 Å². The van der Waals surface area contributed by atoms with E-state index in [1.807, 2.05) is 12.1 Å². The maximum atomic E-state index is 12.6. The third-order valence-corrected chi connectivity index (χ3v) is 4.55. The van der Waals surface area contributed by atoms with Crippen molar-refractivity contribution in [2.45, 2.75) is 18.9 Å². The molecule has 7 heteroatoms. The number of halogens is 1. The fourth-order valence-corrected chi connectivity index (χ4v) is 2.80. The molecule has 2 amide bonds. The van der Waals surface area contributed by atoms with Gasteiger partial charge in [0.15, 0.2) is 0 Å². The van der Waals surface area contributed by atoms with Gasteiger partial charge in [-0.2, -0.15) is 5.10 Å². The fraction of sp³-hybridized carbons (Fsp3) is 0.150. The number of hydrogen-bond acceptors (Lipinski definition) is 3. The van der Waals surface area contributed by atoms with Gasteiger partial charge in [0.05, 0.1) is 16.9 Å². The molecule has 1 fully saturated rings. The third-order valence-electron chi connectivity index (χ3n) is 4.29. The van der Waals surface area contributed by atoms with Crippen LogP contribution in [-0.4, -0.2) is 28.1 Å². The molecule has 1 aromatic heterocycles. The van der Waals surface area contributed by atoms with Crippen molar-refractivity contribution in [2.24, 2.45) is 0 Å². The lowest BCUT2D eigenvalue weighted by Gasteiger charge is -2.10. The summed E-state index contributed by atoms with van der Waals surface area (Å²) in [6, 6.07) is 16.0. The first kappa shape index (κ1) is 17.3. The summed E-state index contributed by atoms with van der Waals surface area (Å²) in [4.78, 5) is 24.9. The third kappa shape index (κ3) is 4.01. The van der Waals surface area contributed by atoms with Crippen LogP contribution in [-0.2, 0) is 0 Å². The summed E-state index contributed by atoms with van der Waals surface area (Å²) in [5.74, 6) is -0.547. The predicted molar refractivity (Wildman–Crippen MR) is 104 cm³/mol. The molecule has 0 aliphatic heterocycles. The topological polar surface area (TPSA) is 86.9 Å². The van der Waals surface area contributed by atoms with Gasteiger partial charge >= 0.3 is 0 Å². The molecule has 6 nitrogen and oxygen atoms in total. The fourth-order valence-electron chi connectivity index (χ4n) is 2.68. The number of anilines is 1. The van der Waals surface area contributed by atoms with Gasteiger partial charge in [0.25, 0.3) is 11.8 Å². The van der Waals surface area contributed by atoms with Crippen LogP contribution in [0.3, 0.4) is 0 Å². The van der Waals surface area contributed by atoms with Gasteiger partial charge in [0.1, 0.15) is 5.69 Å². The number of nitrogens with zero attached hydrogens (tertiary/aromatic N) is 1. The number of amides is 2. The standard InChI is InChI=1S/C20H17ClN4O2/c21-13-7-5-12(6-8-13)17-11-18(25-24-17)20(27)23-16-4-2-1-3-15(16)19(26)22-14-9-10-14/h1-8,11,14H,9-10H2,(H,22,26)(H,23,27)(H,24,25). The molecule has 0 atom stereocenters. The molecule has 1 aliphatic carbocycles. The van der Waals surface area contributed by atoms with Crippen LogP contribution in [0.5, 0.6) is 0 Å². The van der Waals surface area contributed by atoms with E-state index >= 15 is 0 Å². The molecule has 136 valence electrons. The van der Waals surface area contributed by atoms with E-state index in [2.05, 4.69) is 20.8 Å². The number of nitrogens with one attached hydrogen (secondary N) is 3. The molecule has 3 N–H and O–H groups in total. The Kier molecular flexibility index (Phi) is 4.64. The van der Waals surface area contributed by atoms with Crippen molar-refractivity contribution in [3.8, 4) is 11.3 Å². The Balaban J connectivity index is 1.51. The minimum absolute atomic E-state index is 0.181. The van der Waals surface area contributed by atoms with Gasteiger partial charge in [0, 0.05) is 16.6 Å². The normalized spacial score (nSPS) is 13.2. The number of para-hydroxylation sites is 1. The van der Waals surface area contributed by atoms with Gasteiger partial charge in [-0.05, 0) is 43.2 Å². The number of H-pyrrole nitrogens is 1. The van der Waals surface area contributed by atoms with Crippen LogP contribution in [0.2, 0.25) is 5.02 Å². The maximum absolute atomic E-state index is 12.6. The minimum atomic E-state index is -0.366. The van der Waals surface area contributed by atoms with Crippen LogP contribution in [0.1, 0.15) is 33.7 Å². The van der Waals surface area contributed by atoms with Gasteiger partial charge < -0.3 is 10.6 Å². The average Bonchev–Trinajstić information content (AvgIpc) is 3.34. The number of aromatic nitrogens is 2. The summed E-state index contributed by atoms with van der Waals surface area (Å²) in [6.45, 7) is 0. The van der Waals surface area contributed by atoms with E-state index in [-0.39, 0.29) is 17.9 Å². The lowest BCUT2D eigenvalue weighted by Crippen LogP contribution is -2.27. The average molecular weight is 381 g/mol. The van der Waals surface area contributed by atoms with Crippen LogP contribution in [0.4, 0.5) is 5.69 Å². The largest absolute Gasteiger partial charge is 0.349 e. The van der Waals surface area contributed by atoms with E-state index in [4.69, 9.17) is 11.6 Å². The summed E-state index contributed by atoms with van der Waals surface area (Å²) >= 11 is 5.90. The molecule has 1 saturated carbocycles. The molecule has 1 heterocycles. The van der Waals surface area contributed by atoms with Crippen molar-refractivity contribution < 1.29 is 9.59 Å². The lowest BCUT2D eigenvalue weighted by atomic mass is 10.1. The Morgan fingerprint density at radius 3 is 2.52 bits per heavy atom. The molecular weight excluding hydrogens is 364 g/mol. The van der Waals surface area contributed by atoms with E-state index in [9.17, 15) is 9.59 Å².